The third kappa shape index (κ3) is 3.64. The molecule has 2 nitrogen and oxygen atoms in total. The van der Waals surface area contributed by atoms with E-state index in [-0.39, 0.29) is 5.92 Å². The predicted molar refractivity (Wildman–Crippen MR) is 40.4 cm³/mol. The first kappa shape index (κ1) is 8.08. The zero-order valence-electron chi connectivity index (χ0n) is 5.85. The van der Waals surface area contributed by atoms with E-state index in [4.69, 9.17) is 11.5 Å². The summed E-state index contributed by atoms with van der Waals surface area (Å²) in [6.07, 6.45) is 0.731. The van der Waals surface area contributed by atoms with Crippen LogP contribution in [0.4, 0.5) is 0 Å². The van der Waals surface area contributed by atoms with Crippen molar-refractivity contribution in [2.45, 2.75) is 13.3 Å². The highest BCUT2D eigenvalue weighted by Gasteiger charge is 2.01. The van der Waals surface area contributed by atoms with Crippen molar-refractivity contribution >= 4 is 0 Å². The fourth-order valence-corrected chi connectivity index (χ4v) is 0.524. The average Bonchev–Trinajstić information content (AvgIpc) is 1.63. The zero-order valence-corrected chi connectivity index (χ0v) is 5.85. The molecule has 0 aliphatic heterocycles. The molecule has 52 valence electrons. The van der Waals surface area contributed by atoms with E-state index < -0.39 is 0 Å². The molecule has 0 aromatic rings. The van der Waals surface area contributed by atoms with Crippen LogP contribution in [0.5, 0.6) is 0 Å². The van der Waals surface area contributed by atoms with Gasteiger partial charge in [0.25, 0.3) is 0 Å². The monoisotopic (exact) mass is 126 g/mol. The Hall–Kier alpha value is -0.920. The van der Waals surface area contributed by atoms with Gasteiger partial charge in [-0.3, -0.25) is 0 Å². The minimum absolute atomic E-state index is 0.252. The summed E-state index contributed by atoms with van der Waals surface area (Å²) < 4.78 is 0. The molecule has 9 heavy (non-hydrogen) atoms. The Balaban J connectivity index is 3.63. The topological polar surface area (TPSA) is 52.0 Å². The maximum atomic E-state index is 5.39. The maximum Gasteiger partial charge on any atom is 0.00401 e. The van der Waals surface area contributed by atoms with Gasteiger partial charge in [0, 0.05) is 17.3 Å². The smallest absolute Gasteiger partial charge is 0.00401 e. The van der Waals surface area contributed by atoms with Crippen molar-refractivity contribution in [1.29, 1.82) is 0 Å². The summed E-state index contributed by atoms with van der Waals surface area (Å²) in [5.41, 5.74) is 12.1. The summed E-state index contributed by atoms with van der Waals surface area (Å²) in [5.74, 6) is 0.252. The van der Waals surface area contributed by atoms with Crippen molar-refractivity contribution in [2.24, 2.45) is 17.4 Å². The van der Waals surface area contributed by atoms with Crippen LogP contribution in [0, 0.1) is 5.92 Å². The second-order valence-electron chi connectivity index (χ2n) is 2.34. The third-order valence-corrected chi connectivity index (χ3v) is 1.20. The van der Waals surface area contributed by atoms with Crippen LogP contribution in [0.25, 0.3) is 0 Å². The van der Waals surface area contributed by atoms with E-state index in [1.54, 1.807) is 0 Å². The van der Waals surface area contributed by atoms with Crippen LogP contribution in [0.1, 0.15) is 13.3 Å². The summed E-state index contributed by atoms with van der Waals surface area (Å²) in [5, 5.41) is 0. The van der Waals surface area contributed by atoms with Gasteiger partial charge in [-0.1, -0.05) is 20.1 Å². The summed E-state index contributed by atoms with van der Waals surface area (Å²) in [6.45, 7) is 9.12. The number of hydrogen-bond acceptors (Lipinski definition) is 2. The molecule has 0 aliphatic carbocycles. The van der Waals surface area contributed by atoms with Gasteiger partial charge in [0.05, 0.1) is 0 Å². The number of allylic oxidation sites excluding steroid dienone is 2. The summed E-state index contributed by atoms with van der Waals surface area (Å²) >= 11 is 0. The van der Waals surface area contributed by atoms with E-state index >= 15 is 0 Å². The van der Waals surface area contributed by atoms with Gasteiger partial charge in [-0.25, -0.2) is 0 Å². The van der Waals surface area contributed by atoms with Crippen LogP contribution in [0.3, 0.4) is 0 Å². The molecule has 0 heterocycles. The standard InChI is InChI=1S/C7H14N2/c1-5(7(3)9)4-6(2)8/h5H,2-4,8-9H2,1H3. The first-order valence-corrected chi connectivity index (χ1v) is 2.91. The predicted octanol–water partition coefficient (Wildman–Crippen LogP) is 0.957. The highest BCUT2D eigenvalue weighted by molar-refractivity contribution is 4.99. The summed E-state index contributed by atoms with van der Waals surface area (Å²) in [7, 11) is 0. The lowest BCUT2D eigenvalue weighted by molar-refractivity contribution is 0.664. The normalized spacial score (nSPS) is 12.6. The van der Waals surface area contributed by atoms with Crippen molar-refractivity contribution in [2.75, 3.05) is 0 Å². The third-order valence-electron chi connectivity index (χ3n) is 1.20. The molecular formula is C7H14N2. The van der Waals surface area contributed by atoms with E-state index in [1.807, 2.05) is 6.92 Å². The minimum Gasteiger partial charge on any atom is -0.402 e. The molecule has 1 unspecified atom stereocenters. The van der Waals surface area contributed by atoms with Crippen molar-refractivity contribution in [3.63, 3.8) is 0 Å². The van der Waals surface area contributed by atoms with Crippen LogP contribution in [0.15, 0.2) is 24.6 Å². The Morgan fingerprint density at radius 1 is 1.44 bits per heavy atom. The molecular weight excluding hydrogens is 112 g/mol. The number of rotatable bonds is 3. The Labute approximate surface area is 56.2 Å². The molecule has 0 radical (unpaired) electrons. The highest BCUT2D eigenvalue weighted by atomic mass is 14.6. The van der Waals surface area contributed by atoms with Gasteiger partial charge >= 0.3 is 0 Å². The van der Waals surface area contributed by atoms with E-state index in [9.17, 15) is 0 Å². The van der Waals surface area contributed by atoms with Crippen molar-refractivity contribution < 1.29 is 0 Å². The second-order valence-corrected chi connectivity index (χ2v) is 2.34. The molecule has 0 spiro atoms. The van der Waals surface area contributed by atoms with E-state index in [1.165, 1.54) is 0 Å². The van der Waals surface area contributed by atoms with E-state index in [0.29, 0.717) is 11.4 Å². The Morgan fingerprint density at radius 2 is 1.89 bits per heavy atom. The summed E-state index contributed by atoms with van der Waals surface area (Å²) in [4.78, 5) is 0. The van der Waals surface area contributed by atoms with Crippen LogP contribution < -0.4 is 11.5 Å². The summed E-state index contributed by atoms with van der Waals surface area (Å²) in [6, 6.07) is 0. The lowest BCUT2D eigenvalue weighted by Gasteiger charge is -2.08. The van der Waals surface area contributed by atoms with Crippen molar-refractivity contribution in [1.82, 2.24) is 0 Å². The van der Waals surface area contributed by atoms with Gasteiger partial charge in [0.1, 0.15) is 0 Å². The molecule has 2 heteroatoms. The van der Waals surface area contributed by atoms with Crippen LogP contribution in [-0.4, -0.2) is 0 Å². The lowest BCUT2D eigenvalue weighted by Crippen LogP contribution is -2.10. The highest BCUT2D eigenvalue weighted by Crippen LogP contribution is 2.09. The van der Waals surface area contributed by atoms with Crippen LogP contribution >= 0.6 is 0 Å². The van der Waals surface area contributed by atoms with E-state index in [0.717, 1.165) is 6.42 Å². The van der Waals surface area contributed by atoms with Crippen molar-refractivity contribution in [3.05, 3.63) is 24.6 Å². The number of nitrogens with two attached hydrogens (primary N) is 2. The first-order chi connectivity index (χ1) is 4.04. The largest absolute Gasteiger partial charge is 0.402 e. The first-order valence-electron chi connectivity index (χ1n) is 2.91. The Morgan fingerprint density at radius 3 is 2.00 bits per heavy atom. The quantitative estimate of drug-likeness (QED) is 0.591. The van der Waals surface area contributed by atoms with Crippen molar-refractivity contribution in [3.8, 4) is 0 Å². The van der Waals surface area contributed by atoms with Crippen LogP contribution in [0.2, 0.25) is 0 Å². The minimum atomic E-state index is 0.252. The average molecular weight is 126 g/mol. The molecule has 0 bridgehead atoms. The molecule has 0 fully saturated rings. The molecule has 0 saturated carbocycles. The van der Waals surface area contributed by atoms with Gasteiger partial charge in [-0.2, -0.15) is 0 Å². The van der Waals surface area contributed by atoms with Gasteiger partial charge in [0.2, 0.25) is 0 Å². The Bertz CT molecular complexity index is 127. The van der Waals surface area contributed by atoms with Gasteiger partial charge < -0.3 is 11.5 Å². The molecule has 0 aromatic carbocycles. The van der Waals surface area contributed by atoms with Crippen LogP contribution in [-0.2, 0) is 0 Å². The fraction of sp³-hybridized carbons (Fsp3) is 0.429. The molecule has 0 amide bonds. The van der Waals surface area contributed by atoms with E-state index in [2.05, 4.69) is 13.2 Å². The fourth-order valence-electron chi connectivity index (χ4n) is 0.524. The molecule has 0 aromatic heterocycles. The lowest BCUT2D eigenvalue weighted by atomic mass is 10.0. The van der Waals surface area contributed by atoms with Gasteiger partial charge in [0.15, 0.2) is 0 Å². The zero-order chi connectivity index (χ0) is 7.44. The van der Waals surface area contributed by atoms with Gasteiger partial charge in [-0.15, -0.1) is 0 Å². The molecule has 1 atom stereocenters. The number of hydrogen-bond donors (Lipinski definition) is 2. The maximum absolute atomic E-state index is 5.39. The molecule has 0 saturated heterocycles. The second kappa shape index (κ2) is 3.17. The Kier molecular flexibility index (Phi) is 2.85. The van der Waals surface area contributed by atoms with Gasteiger partial charge in [-0.05, 0) is 6.42 Å². The molecule has 0 rings (SSSR count). The molecule has 4 N–H and O–H groups in total. The SMILES string of the molecule is C=C(N)CC(C)C(=C)N. The molecule has 0 aliphatic rings.